The molecule has 1 aromatic carbocycles. The van der Waals surface area contributed by atoms with Gasteiger partial charge >= 0.3 is 0 Å². The van der Waals surface area contributed by atoms with Gasteiger partial charge in [-0.05, 0) is 48.6 Å². The van der Waals surface area contributed by atoms with Gasteiger partial charge in [0, 0.05) is 22.9 Å². The molecule has 26 heavy (non-hydrogen) atoms. The summed E-state index contributed by atoms with van der Waals surface area (Å²) in [6, 6.07) is 8.65. The number of nitrogens with zero attached hydrogens (tertiary/aromatic N) is 2. The first kappa shape index (κ1) is 19.2. The molecule has 5 heteroatoms. The van der Waals surface area contributed by atoms with Gasteiger partial charge in [-0.15, -0.1) is 0 Å². The highest BCUT2D eigenvalue weighted by molar-refractivity contribution is 9.10. The minimum atomic E-state index is 0.143. The molecule has 1 aliphatic carbocycles. The van der Waals surface area contributed by atoms with Crippen molar-refractivity contribution >= 4 is 38.6 Å². The molecule has 2 aromatic rings. The second kappa shape index (κ2) is 8.38. The van der Waals surface area contributed by atoms with Crippen LogP contribution in [-0.2, 0) is 4.79 Å². The third kappa shape index (κ3) is 4.37. The van der Waals surface area contributed by atoms with E-state index in [-0.39, 0.29) is 5.91 Å². The van der Waals surface area contributed by atoms with Crippen molar-refractivity contribution in [1.29, 1.82) is 0 Å². The summed E-state index contributed by atoms with van der Waals surface area (Å²) in [6.07, 6.45) is 6.01. The van der Waals surface area contributed by atoms with E-state index in [2.05, 4.69) is 47.2 Å². The minimum absolute atomic E-state index is 0.143. The molecule has 1 fully saturated rings. The van der Waals surface area contributed by atoms with E-state index in [4.69, 9.17) is 4.98 Å². The predicted molar refractivity (Wildman–Crippen MR) is 112 cm³/mol. The van der Waals surface area contributed by atoms with Crippen LogP contribution in [0, 0.1) is 0 Å². The average molecular weight is 418 g/mol. The van der Waals surface area contributed by atoms with Gasteiger partial charge in [0.15, 0.2) is 0 Å². The van der Waals surface area contributed by atoms with E-state index in [0.29, 0.717) is 18.5 Å². The minimum Gasteiger partial charge on any atom is -0.361 e. The Balaban J connectivity index is 1.75. The predicted octanol–water partition coefficient (Wildman–Crippen LogP) is 5.32. The molecule has 1 amide bonds. The Bertz CT molecular complexity index is 784. The highest BCUT2D eigenvalue weighted by Gasteiger charge is 2.22. The maximum absolute atomic E-state index is 12.6. The van der Waals surface area contributed by atoms with E-state index in [0.717, 1.165) is 39.6 Å². The fourth-order valence-electron chi connectivity index (χ4n) is 3.70. The van der Waals surface area contributed by atoms with Crippen LogP contribution in [-0.4, -0.2) is 35.4 Å². The van der Waals surface area contributed by atoms with Crippen LogP contribution in [0.1, 0.15) is 57.4 Å². The Morgan fingerprint density at radius 3 is 2.69 bits per heavy atom. The van der Waals surface area contributed by atoms with Crippen molar-refractivity contribution in [3.8, 4) is 0 Å². The Kier molecular flexibility index (Phi) is 6.17. The van der Waals surface area contributed by atoms with Crippen molar-refractivity contribution in [1.82, 2.24) is 9.88 Å². The number of hydrogen-bond donors (Lipinski definition) is 1. The maximum Gasteiger partial charge on any atom is 0.241 e. The van der Waals surface area contributed by atoms with Crippen molar-refractivity contribution in [3.05, 3.63) is 34.3 Å². The number of nitrogens with one attached hydrogen (secondary N) is 1. The van der Waals surface area contributed by atoms with Crippen molar-refractivity contribution in [3.63, 3.8) is 0 Å². The van der Waals surface area contributed by atoms with Crippen LogP contribution in [0.15, 0.2) is 28.7 Å². The number of carbonyl (C=O) groups is 1. The van der Waals surface area contributed by atoms with Crippen molar-refractivity contribution < 1.29 is 4.79 Å². The van der Waals surface area contributed by atoms with Crippen LogP contribution in [0.4, 0.5) is 5.82 Å². The normalized spacial score (nSPS) is 15.4. The maximum atomic E-state index is 12.6. The molecule has 0 unspecified atom stereocenters. The number of benzene rings is 1. The van der Waals surface area contributed by atoms with Crippen LogP contribution < -0.4 is 5.32 Å². The smallest absolute Gasteiger partial charge is 0.241 e. The number of rotatable bonds is 5. The lowest BCUT2D eigenvalue weighted by Gasteiger charge is -2.31. The molecule has 0 spiro atoms. The Labute approximate surface area is 164 Å². The summed E-state index contributed by atoms with van der Waals surface area (Å²) in [6.45, 7) is 4.60. The molecule has 0 radical (unpaired) electrons. The topological polar surface area (TPSA) is 45.2 Å². The summed E-state index contributed by atoms with van der Waals surface area (Å²) in [4.78, 5) is 19.3. The van der Waals surface area contributed by atoms with E-state index in [1.165, 1.54) is 19.3 Å². The van der Waals surface area contributed by atoms with Crippen molar-refractivity contribution in [2.75, 3.05) is 18.9 Å². The Morgan fingerprint density at radius 1 is 1.27 bits per heavy atom. The van der Waals surface area contributed by atoms with E-state index in [1.54, 1.807) is 0 Å². The number of aromatic nitrogens is 1. The molecule has 1 aliphatic rings. The van der Waals surface area contributed by atoms with Gasteiger partial charge in [0.25, 0.3) is 0 Å². The first-order valence-electron chi connectivity index (χ1n) is 9.55. The number of fused-ring (bicyclic) bond motifs is 1. The van der Waals surface area contributed by atoms with Gasteiger partial charge in [0.1, 0.15) is 5.82 Å². The summed E-state index contributed by atoms with van der Waals surface area (Å²) < 4.78 is 1.05. The van der Waals surface area contributed by atoms with E-state index < -0.39 is 0 Å². The monoisotopic (exact) mass is 417 g/mol. The van der Waals surface area contributed by atoms with E-state index in [1.807, 2.05) is 24.1 Å². The molecule has 0 bridgehead atoms. The molecule has 0 aliphatic heterocycles. The molecule has 1 N–H and O–H groups in total. The summed E-state index contributed by atoms with van der Waals surface area (Å²) in [5.74, 6) is 1.30. The fourth-order valence-corrected chi connectivity index (χ4v) is 4.08. The van der Waals surface area contributed by atoms with Crippen LogP contribution in [0.5, 0.6) is 0 Å². The van der Waals surface area contributed by atoms with Crippen molar-refractivity contribution in [2.45, 2.75) is 57.9 Å². The second-order valence-electron chi connectivity index (χ2n) is 7.57. The zero-order valence-electron chi connectivity index (χ0n) is 15.9. The first-order chi connectivity index (χ1) is 12.5. The molecule has 1 aromatic heterocycles. The highest BCUT2D eigenvalue weighted by Crippen LogP contribution is 2.28. The van der Waals surface area contributed by atoms with Gasteiger partial charge < -0.3 is 10.2 Å². The molecular formula is C21H28BrN3O. The summed E-state index contributed by atoms with van der Waals surface area (Å²) in [7, 11) is 1.94. The third-order valence-electron chi connectivity index (χ3n) is 5.35. The van der Waals surface area contributed by atoms with Gasteiger partial charge in [-0.2, -0.15) is 0 Å². The number of hydrogen-bond acceptors (Lipinski definition) is 3. The first-order valence-corrected chi connectivity index (χ1v) is 10.3. The molecular weight excluding hydrogens is 390 g/mol. The number of carbonyl (C=O) groups excluding carboxylic acids is 1. The van der Waals surface area contributed by atoms with Gasteiger partial charge in [-0.25, -0.2) is 4.98 Å². The molecule has 0 atom stereocenters. The van der Waals surface area contributed by atoms with Crippen LogP contribution in [0.2, 0.25) is 0 Å². The van der Waals surface area contributed by atoms with E-state index in [9.17, 15) is 4.79 Å². The summed E-state index contributed by atoms with van der Waals surface area (Å²) >= 11 is 3.52. The highest BCUT2D eigenvalue weighted by atomic mass is 79.9. The van der Waals surface area contributed by atoms with Crippen molar-refractivity contribution in [2.24, 2.45) is 0 Å². The number of pyridine rings is 1. The molecule has 1 saturated carbocycles. The molecule has 0 saturated heterocycles. The summed E-state index contributed by atoms with van der Waals surface area (Å²) in [5.41, 5.74) is 2.08. The third-order valence-corrected chi connectivity index (χ3v) is 5.84. The number of amides is 1. The standard InChI is InChI=1S/C21H28BrN3O/c1-14(2)18-12-15-11-16(22)9-10-19(15)24-21(18)23-13-20(26)25(3)17-7-5-4-6-8-17/h9-12,14,17H,4-8,13H2,1-3H3,(H,23,24). The van der Waals surface area contributed by atoms with Crippen LogP contribution in [0.3, 0.4) is 0 Å². The molecule has 1 heterocycles. The fraction of sp³-hybridized carbons (Fsp3) is 0.524. The largest absolute Gasteiger partial charge is 0.361 e. The SMILES string of the molecule is CC(C)c1cc2cc(Br)ccc2nc1NCC(=O)N(C)C1CCCCC1. The quantitative estimate of drug-likeness (QED) is 0.715. The van der Waals surface area contributed by atoms with E-state index >= 15 is 0 Å². The van der Waals surface area contributed by atoms with Crippen LogP contribution >= 0.6 is 15.9 Å². The number of anilines is 1. The zero-order chi connectivity index (χ0) is 18.7. The zero-order valence-corrected chi connectivity index (χ0v) is 17.5. The van der Waals surface area contributed by atoms with Gasteiger partial charge in [0.2, 0.25) is 5.91 Å². The lowest BCUT2D eigenvalue weighted by molar-refractivity contribution is -0.130. The molecule has 3 rings (SSSR count). The Hall–Kier alpha value is -1.62. The Morgan fingerprint density at radius 2 is 2.00 bits per heavy atom. The van der Waals surface area contributed by atoms with Gasteiger partial charge in [-0.3, -0.25) is 4.79 Å². The summed E-state index contributed by atoms with van der Waals surface area (Å²) in [5, 5.41) is 4.42. The van der Waals surface area contributed by atoms with Gasteiger partial charge in [0.05, 0.1) is 12.1 Å². The lowest BCUT2D eigenvalue weighted by atomic mass is 9.94. The average Bonchev–Trinajstić information content (AvgIpc) is 2.65. The molecule has 140 valence electrons. The number of halogens is 1. The molecule has 4 nitrogen and oxygen atoms in total. The lowest BCUT2D eigenvalue weighted by Crippen LogP contribution is -2.41. The number of likely N-dealkylation sites (N-methyl/N-ethyl adjacent to an activating group) is 1. The van der Waals surface area contributed by atoms with Gasteiger partial charge in [-0.1, -0.05) is 49.0 Å². The van der Waals surface area contributed by atoms with Crippen LogP contribution in [0.25, 0.3) is 10.9 Å². The second-order valence-corrected chi connectivity index (χ2v) is 8.48.